The lowest BCUT2D eigenvalue weighted by atomic mass is 9.96. The molecule has 3 rings (SSSR count). The number of anilines is 1. The number of aryl methyl sites for hydroxylation is 1. The minimum Gasteiger partial charge on any atom is -0.374 e. The van der Waals surface area contributed by atoms with E-state index in [0.29, 0.717) is 6.42 Å². The van der Waals surface area contributed by atoms with E-state index in [1.54, 1.807) is 11.3 Å². The molecule has 2 aromatic rings. The summed E-state index contributed by atoms with van der Waals surface area (Å²) < 4.78 is 0. The fourth-order valence-corrected chi connectivity index (χ4v) is 3.55. The lowest BCUT2D eigenvalue weighted by Crippen LogP contribution is -2.36. The maximum Gasteiger partial charge on any atom is 0.220 e. The van der Waals surface area contributed by atoms with Crippen molar-refractivity contribution in [2.45, 2.75) is 25.3 Å². The first-order valence-corrected chi connectivity index (χ1v) is 8.24. The number of hydrogen-bond donors (Lipinski definition) is 1. The molecule has 1 aliphatic heterocycles. The van der Waals surface area contributed by atoms with E-state index in [9.17, 15) is 4.79 Å². The Morgan fingerprint density at radius 3 is 3.00 bits per heavy atom. The minimum atomic E-state index is 0.146. The summed E-state index contributed by atoms with van der Waals surface area (Å²) in [4.78, 5) is 15.7. The predicted molar refractivity (Wildman–Crippen MR) is 87.9 cm³/mol. The van der Waals surface area contributed by atoms with Crippen LogP contribution in [0, 0.1) is 0 Å². The van der Waals surface area contributed by atoms with Crippen molar-refractivity contribution in [1.29, 1.82) is 0 Å². The second-order valence-electron chi connectivity index (χ2n) is 5.47. The molecule has 1 atom stereocenters. The van der Waals surface area contributed by atoms with Gasteiger partial charge in [0.05, 0.1) is 6.04 Å². The van der Waals surface area contributed by atoms with Gasteiger partial charge in [-0.2, -0.15) is 0 Å². The average Bonchev–Trinajstić information content (AvgIpc) is 3.02. The van der Waals surface area contributed by atoms with Gasteiger partial charge in [0.25, 0.3) is 0 Å². The monoisotopic (exact) mass is 300 g/mol. The second-order valence-corrected chi connectivity index (χ2v) is 6.50. The van der Waals surface area contributed by atoms with Gasteiger partial charge in [-0.25, -0.2) is 0 Å². The number of carbonyl (C=O) groups is 1. The molecule has 0 aliphatic carbocycles. The lowest BCUT2D eigenvalue weighted by Gasteiger charge is -2.33. The number of rotatable bonds is 4. The molecule has 2 heterocycles. The zero-order valence-corrected chi connectivity index (χ0v) is 13.0. The van der Waals surface area contributed by atoms with Crippen LogP contribution < -0.4 is 10.2 Å². The van der Waals surface area contributed by atoms with Crippen LogP contribution in [0.5, 0.6) is 0 Å². The Hall–Kier alpha value is -1.81. The van der Waals surface area contributed by atoms with Gasteiger partial charge in [0.2, 0.25) is 5.91 Å². The van der Waals surface area contributed by atoms with Crippen molar-refractivity contribution in [2.75, 3.05) is 18.5 Å². The molecule has 3 nitrogen and oxygen atoms in total. The van der Waals surface area contributed by atoms with Crippen molar-refractivity contribution >= 4 is 22.9 Å². The van der Waals surface area contributed by atoms with Crippen molar-refractivity contribution in [3.8, 4) is 0 Å². The van der Waals surface area contributed by atoms with Crippen molar-refractivity contribution < 1.29 is 4.79 Å². The molecule has 110 valence electrons. The van der Waals surface area contributed by atoms with Gasteiger partial charge in [0.1, 0.15) is 0 Å². The smallest absolute Gasteiger partial charge is 0.220 e. The van der Waals surface area contributed by atoms with Crippen molar-refractivity contribution in [1.82, 2.24) is 5.32 Å². The van der Waals surface area contributed by atoms with E-state index in [0.717, 1.165) is 19.4 Å². The van der Waals surface area contributed by atoms with Crippen LogP contribution >= 0.6 is 11.3 Å². The second kappa shape index (κ2) is 6.31. The molecular weight excluding hydrogens is 280 g/mol. The number of thiophene rings is 1. The first kappa shape index (κ1) is 14.1. The van der Waals surface area contributed by atoms with E-state index in [4.69, 9.17) is 0 Å². The zero-order valence-electron chi connectivity index (χ0n) is 12.2. The molecule has 0 saturated carbocycles. The van der Waals surface area contributed by atoms with Crippen LogP contribution in [0.4, 0.5) is 5.69 Å². The van der Waals surface area contributed by atoms with Gasteiger partial charge in [0, 0.05) is 30.6 Å². The summed E-state index contributed by atoms with van der Waals surface area (Å²) in [5, 5.41) is 5.25. The Balaban J connectivity index is 1.62. The minimum absolute atomic E-state index is 0.146. The summed E-state index contributed by atoms with van der Waals surface area (Å²) in [7, 11) is 2.10. The third-order valence-corrected chi connectivity index (χ3v) is 4.93. The van der Waals surface area contributed by atoms with E-state index >= 15 is 0 Å². The molecule has 0 saturated heterocycles. The largest absolute Gasteiger partial charge is 0.374 e. The molecule has 0 radical (unpaired) electrons. The zero-order chi connectivity index (χ0) is 14.7. The third kappa shape index (κ3) is 3.27. The number of nitrogens with one attached hydrogen (secondary N) is 1. The SMILES string of the molecule is CN1CCC(NC(=O)CCc2cccs2)c2ccccc21. The van der Waals surface area contributed by atoms with Crippen LogP contribution in [0.1, 0.15) is 29.3 Å². The quantitative estimate of drug-likeness (QED) is 0.939. The van der Waals surface area contributed by atoms with Crippen molar-refractivity contribution in [3.05, 3.63) is 52.2 Å². The molecule has 4 heteroatoms. The van der Waals surface area contributed by atoms with E-state index in [1.165, 1.54) is 16.1 Å². The van der Waals surface area contributed by atoms with Crippen LogP contribution in [0.3, 0.4) is 0 Å². The van der Waals surface area contributed by atoms with Gasteiger partial charge in [-0.3, -0.25) is 4.79 Å². The molecule has 21 heavy (non-hydrogen) atoms. The first-order chi connectivity index (χ1) is 10.2. The Kier molecular flexibility index (Phi) is 4.25. The highest BCUT2D eigenvalue weighted by Gasteiger charge is 2.23. The number of nitrogens with zero attached hydrogens (tertiary/aromatic N) is 1. The number of amides is 1. The van der Waals surface area contributed by atoms with E-state index in [1.807, 2.05) is 12.1 Å². The van der Waals surface area contributed by atoms with Gasteiger partial charge >= 0.3 is 0 Å². The first-order valence-electron chi connectivity index (χ1n) is 7.36. The number of fused-ring (bicyclic) bond motifs is 1. The standard InChI is InChI=1S/C17H20N2OS/c1-19-11-10-15(14-6-2-3-7-16(14)19)18-17(20)9-8-13-5-4-12-21-13/h2-7,12,15H,8-11H2,1H3,(H,18,20). The van der Waals surface area contributed by atoms with E-state index in [2.05, 4.69) is 46.9 Å². The molecular formula is C17H20N2OS. The lowest BCUT2D eigenvalue weighted by molar-refractivity contribution is -0.121. The highest BCUT2D eigenvalue weighted by molar-refractivity contribution is 7.09. The summed E-state index contributed by atoms with van der Waals surface area (Å²) in [6.45, 7) is 0.979. The molecule has 1 aromatic heterocycles. The maximum absolute atomic E-state index is 12.2. The molecule has 0 spiro atoms. The summed E-state index contributed by atoms with van der Waals surface area (Å²) >= 11 is 1.71. The van der Waals surface area contributed by atoms with Crippen LogP contribution in [0.2, 0.25) is 0 Å². The molecule has 0 bridgehead atoms. The maximum atomic E-state index is 12.2. The summed E-state index contributed by atoms with van der Waals surface area (Å²) in [5.41, 5.74) is 2.46. The van der Waals surface area contributed by atoms with E-state index in [-0.39, 0.29) is 11.9 Å². The van der Waals surface area contributed by atoms with Crippen LogP contribution in [-0.4, -0.2) is 19.5 Å². The topological polar surface area (TPSA) is 32.3 Å². The van der Waals surface area contributed by atoms with Gasteiger partial charge in [-0.05, 0) is 35.9 Å². The fraction of sp³-hybridized carbons (Fsp3) is 0.353. The predicted octanol–water partition coefficient (Wildman–Crippen LogP) is 3.38. The van der Waals surface area contributed by atoms with Crippen LogP contribution in [0.15, 0.2) is 41.8 Å². The molecule has 1 N–H and O–H groups in total. The van der Waals surface area contributed by atoms with Gasteiger partial charge in [0.15, 0.2) is 0 Å². The number of carbonyl (C=O) groups excluding carboxylic acids is 1. The highest BCUT2D eigenvalue weighted by atomic mass is 32.1. The number of para-hydroxylation sites is 1. The Morgan fingerprint density at radius 2 is 2.19 bits per heavy atom. The van der Waals surface area contributed by atoms with Crippen LogP contribution in [0.25, 0.3) is 0 Å². The summed E-state index contributed by atoms with van der Waals surface area (Å²) in [6.07, 6.45) is 2.37. The summed E-state index contributed by atoms with van der Waals surface area (Å²) in [5.74, 6) is 0.146. The fourth-order valence-electron chi connectivity index (χ4n) is 2.84. The van der Waals surface area contributed by atoms with Crippen LogP contribution in [-0.2, 0) is 11.2 Å². The number of hydrogen-bond acceptors (Lipinski definition) is 3. The van der Waals surface area contributed by atoms with E-state index < -0.39 is 0 Å². The average molecular weight is 300 g/mol. The molecule has 0 fully saturated rings. The molecule has 1 aliphatic rings. The van der Waals surface area contributed by atoms with Crippen molar-refractivity contribution in [2.24, 2.45) is 0 Å². The third-order valence-electron chi connectivity index (χ3n) is 3.99. The van der Waals surface area contributed by atoms with Gasteiger partial charge in [-0.15, -0.1) is 11.3 Å². The Labute approximate surface area is 129 Å². The summed E-state index contributed by atoms with van der Waals surface area (Å²) in [6, 6.07) is 12.6. The van der Waals surface area contributed by atoms with Gasteiger partial charge in [-0.1, -0.05) is 24.3 Å². The highest BCUT2D eigenvalue weighted by Crippen LogP contribution is 2.32. The molecule has 1 unspecified atom stereocenters. The molecule has 1 amide bonds. The number of benzene rings is 1. The van der Waals surface area contributed by atoms with Crippen molar-refractivity contribution in [3.63, 3.8) is 0 Å². The van der Waals surface area contributed by atoms with Gasteiger partial charge < -0.3 is 10.2 Å². The Bertz CT molecular complexity index is 609. The molecule has 1 aromatic carbocycles. The Morgan fingerprint density at radius 1 is 1.33 bits per heavy atom. The normalized spacial score (nSPS) is 17.4.